The van der Waals surface area contributed by atoms with E-state index in [1.807, 2.05) is 24.3 Å². The molecule has 0 aliphatic carbocycles. The average molecular weight is 199 g/mol. The van der Waals surface area contributed by atoms with Gasteiger partial charge < -0.3 is 9.47 Å². The summed E-state index contributed by atoms with van der Waals surface area (Å²) in [6.45, 7) is 1.98. The highest BCUT2D eigenvalue weighted by Crippen LogP contribution is 2.22. The van der Waals surface area contributed by atoms with E-state index in [2.05, 4.69) is 0 Å². The van der Waals surface area contributed by atoms with Crippen molar-refractivity contribution in [1.82, 2.24) is 0 Å². The Morgan fingerprint density at radius 1 is 1.31 bits per heavy atom. The van der Waals surface area contributed by atoms with Gasteiger partial charge >= 0.3 is 0 Å². The van der Waals surface area contributed by atoms with Crippen molar-refractivity contribution in [2.45, 2.75) is 6.10 Å². The molecule has 0 N–H and O–H groups in total. The molecule has 1 fully saturated rings. The molecule has 1 saturated heterocycles. The smallest absolute Gasteiger partial charge is 0.106 e. The van der Waals surface area contributed by atoms with Crippen LogP contribution in [0.3, 0.4) is 0 Å². The molecule has 70 valence electrons. The third-order valence-electron chi connectivity index (χ3n) is 2.04. The van der Waals surface area contributed by atoms with E-state index in [0.717, 1.165) is 10.6 Å². The third-order valence-corrected chi connectivity index (χ3v) is 2.27. The molecule has 0 bridgehead atoms. The number of rotatable bonds is 1. The molecule has 2 rings (SSSR count). The number of ether oxygens (including phenoxy) is 2. The lowest BCUT2D eigenvalue weighted by molar-refractivity contribution is -0.0901. The molecule has 3 heteroatoms. The van der Waals surface area contributed by atoms with Crippen LogP contribution in [0.25, 0.3) is 0 Å². The van der Waals surface area contributed by atoms with Crippen molar-refractivity contribution in [2.24, 2.45) is 0 Å². The second-order valence-corrected chi connectivity index (χ2v) is 3.43. The van der Waals surface area contributed by atoms with Crippen LogP contribution in [0, 0.1) is 0 Å². The monoisotopic (exact) mass is 198 g/mol. The largest absolute Gasteiger partial charge is 0.376 e. The maximum atomic E-state index is 5.87. The molecule has 0 radical (unpaired) electrons. The topological polar surface area (TPSA) is 18.5 Å². The van der Waals surface area contributed by atoms with Crippen molar-refractivity contribution in [3.8, 4) is 0 Å². The van der Waals surface area contributed by atoms with Gasteiger partial charge in [-0.15, -0.1) is 0 Å². The van der Waals surface area contributed by atoms with Crippen molar-refractivity contribution in [1.29, 1.82) is 0 Å². The lowest BCUT2D eigenvalue weighted by Crippen LogP contribution is -2.21. The van der Waals surface area contributed by atoms with Gasteiger partial charge in [0.05, 0.1) is 19.8 Å². The summed E-state index contributed by atoms with van der Waals surface area (Å²) in [5, 5.41) is 0.742. The maximum Gasteiger partial charge on any atom is 0.106 e. The summed E-state index contributed by atoms with van der Waals surface area (Å²) in [6.07, 6.45) is 0.0486. The van der Waals surface area contributed by atoms with E-state index in [4.69, 9.17) is 21.1 Å². The molecule has 1 heterocycles. The molecule has 1 atom stereocenters. The van der Waals surface area contributed by atoms with Gasteiger partial charge in [-0.1, -0.05) is 23.7 Å². The van der Waals surface area contributed by atoms with E-state index in [9.17, 15) is 0 Å². The SMILES string of the molecule is Clc1cccc(C2COCCO2)c1. The third kappa shape index (κ3) is 2.21. The van der Waals surface area contributed by atoms with Gasteiger partial charge in [0.1, 0.15) is 6.10 Å². The molecule has 0 saturated carbocycles. The Morgan fingerprint density at radius 2 is 2.23 bits per heavy atom. The van der Waals surface area contributed by atoms with E-state index in [1.165, 1.54) is 0 Å². The van der Waals surface area contributed by atoms with Crippen LogP contribution >= 0.6 is 11.6 Å². The van der Waals surface area contributed by atoms with E-state index < -0.39 is 0 Å². The molecule has 0 amide bonds. The van der Waals surface area contributed by atoms with E-state index in [1.54, 1.807) is 0 Å². The molecule has 1 aromatic carbocycles. The van der Waals surface area contributed by atoms with Crippen molar-refractivity contribution >= 4 is 11.6 Å². The first-order valence-electron chi connectivity index (χ1n) is 4.31. The van der Waals surface area contributed by atoms with Gasteiger partial charge in [0.25, 0.3) is 0 Å². The molecule has 0 aromatic heterocycles. The van der Waals surface area contributed by atoms with Crippen LogP contribution < -0.4 is 0 Å². The van der Waals surface area contributed by atoms with E-state index in [-0.39, 0.29) is 6.10 Å². The summed E-state index contributed by atoms with van der Waals surface area (Å²) in [7, 11) is 0. The molecule has 1 aliphatic rings. The molecule has 1 aromatic rings. The van der Waals surface area contributed by atoms with E-state index in [0.29, 0.717) is 19.8 Å². The summed E-state index contributed by atoms with van der Waals surface area (Å²) >= 11 is 5.87. The Labute approximate surface area is 82.4 Å². The first-order valence-corrected chi connectivity index (χ1v) is 4.69. The van der Waals surface area contributed by atoms with Crippen LogP contribution in [0.15, 0.2) is 24.3 Å². The van der Waals surface area contributed by atoms with Crippen LogP contribution in [0.5, 0.6) is 0 Å². The highest BCUT2D eigenvalue weighted by molar-refractivity contribution is 6.30. The van der Waals surface area contributed by atoms with Gasteiger partial charge in [-0.05, 0) is 17.7 Å². The minimum Gasteiger partial charge on any atom is -0.376 e. The second kappa shape index (κ2) is 4.09. The van der Waals surface area contributed by atoms with Gasteiger partial charge in [0.2, 0.25) is 0 Å². The number of halogens is 1. The highest BCUT2D eigenvalue weighted by Gasteiger charge is 2.16. The summed E-state index contributed by atoms with van der Waals surface area (Å²) in [5.41, 5.74) is 1.09. The summed E-state index contributed by atoms with van der Waals surface area (Å²) < 4.78 is 10.8. The van der Waals surface area contributed by atoms with Crippen LogP contribution in [-0.4, -0.2) is 19.8 Å². The van der Waals surface area contributed by atoms with Crippen molar-refractivity contribution < 1.29 is 9.47 Å². The summed E-state index contributed by atoms with van der Waals surface area (Å²) in [5.74, 6) is 0. The zero-order chi connectivity index (χ0) is 9.10. The Hall–Kier alpha value is -0.570. The standard InChI is InChI=1S/C10H11ClO2/c11-9-3-1-2-8(6-9)10-7-12-4-5-13-10/h1-3,6,10H,4-5,7H2. The van der Waals surface area contributed by atoms with Gasteiger partial charge in [0.15, 0.2) is 0 Å². The number of hydrogen-bond donors (Lipinski definition) is 0. The van der Waals surface area contributed by atoms with Crippen LogP contribution in [0.1, 0.15) is 11.7 Å². The van der Waals surface area contributed by atoms with Gasteiger partial charge in [-0.3, -0.25) is 0 Å². The van der Waals surface area contributed by atoms with Crippen LogP contribution in [-0.2, 0) is 9.47 Å². The molecule has 13 heavy (non-hydrogen) atoms. The fourth-order valence-corrected chi connectivity index (χ4v) is 1.59. The zero-order valence-corrected chi connectivity index (χ0v) is 7.96. The fraction of sp³-hybridized carbons (Fsp3) is 0.400. The quantitative estimate of drug-likeness (QED) is 0.690. The minimum atomic E-state index is 0.0486. The normalized spacial score (nSPS) is 23.0. The van der Waals surface area contributed by atoms with Gasteiger partial charge in [-0.25, -0.2) is 0 Å². The lowest BCUT2D eigenvalue weighted by atomic mass is 10.1. The van der Waals surface area contributed by atoms with Crippen molar-refractivity contribution in [3.05, 3.63) is 34.9 Å². The molecular weight excluding hydrogens is 188 g/mol. The molecule has 1 unspecified atom stereocenters. The molecular formula is C10H11ClO2. The first-order chi connectivity index (χ1) is 6.36. The highest BCUT2D eigenvalue weighted by atomic mass is 35.5. The van der Waals surface area contributed by atoms with E-state index >= 15 is 0 Å². The van der Waals surface area contributed by atoms with Crippen molar-refractivity contribution in [3.63, 3.8) is 0 Å². The zero-order valence-electron chi connectivity index (χ0n) is 7.20. The Kier molecular flexibility index (Phi) is 2.83. The Bertz CT molecular complexity index is 282. The number of benzene rings is 1. The van der Waals surface area contributed by atoms with Crippen LogP contribution in [0.4, 0.5) is 0 Å². The van der Waals surface area contributed by atoms with Gasteiger partial charge in [0, 0.05) is 5.02 Å². The molecule has 0 spiro atoms. The molecule has 1 aliphatic heterocycles. The minimum absolute atomic E-state index is 0.0486. The first kappa shape index (κ1) is 9.00. The maximum absolute atomic E-state index is 5.87. The average Bonchev–Trinajstić information content (AvgIpc) is 2.19. The fourth-order valence-electron chi connectivity index (χ4n) is 1.39. The predicted octanol–water partition coefficient (Wildman–Crippen LogP) is 2.43. The summed E-state index contributed by atoms with van der Waals surface area (Å²) in [4.78, 5) is 0. The lowest BCUT2D eigenvalue weighted by Gasteiger charge is -2.23. The molecule has 2 nitrogen and oxygen atoms in total. The van der Waals surface area contributed by atoms with Crippen LogP contribution in [0.2, 0.25) is 5.02 Å². The van der Waals surface area contributed by atoms with Crippen molar-refractivity contribution in [2.75, 3.05) is 19.8 Å². The second-order valence-electron chi connectivity index (χ2n) is 2.99. The van der Waals surface area contributed by atoms with Gasteiger partial charge in [-0.2, -0.15) is 0 Å². The Morgan fingerprint density at radius 3 is 2.92 bits per heavy atom. The number of hydrogen-bond acceptors (Lipinski definition) is 2. The Balaban J connectivity index is 2.14. The predicted molar refractivity (Wildman–Crippen MR) is 51.0 cm³/mol. The summed E-state index contributed by atoms with van der Waals surface area (Å²) in [6, 6.07) is 7.70.